The van der Waals surface area contributed by atoms with Crippen LogP contribution in [0.15, 0.2) is 39.8 Å². The summed E-state index contributed by atoms with van der Waals surface area (Å²) in [5, 5.41) is 4.14. The van der Waals surface area contributed by atoms with Crippen LogP contribution in [0.2, 0.25) is 5.02 Å². The number of aryl methyl sites for hydroxylation is 1. The van der Waals surface area contributed by atoms with E-state index in [-0.39, 0.29) is 28.2 Å². The summed E-state index contributed by atoms with van der Waals surface area (Å²) in [7, 11) is -3.88. The molecule has 3 aromatic rings. The fraction of sp³-hybridized carbons (Fsp3) is 0.278. The zero-order valence-corrected chi connectivity index (χ0v) is 18.2. The van der Waals surface area contributed by atoms with Crippen LogP contribution in [-0.2, 0) is 14.8 Å². The number of morpholine rings is 1. The number of halogens is 1. The molecule has 0 aliphatic carbocycles. The molecule has 1 aromatic carbocycles. The van der Waals surface area contributed by atoms with Gasteiger partial charge in [0.25, 0.3) is 10.0 Å². The van der Waals surface area contributed by atoms with Crippen LogP contribution in [0.3, 0.4) is 0 Å². The van der Waals surface area contributed by atoms with Gasteiger partial charge in [-0.2, -0.15) is 4.98 Å². The Kier molecular flexibility index (Phi) is 5.78. The Morgan fingerprint density at radius 3 is 2.73 bits per heavy atom. The largest absolute Gasteiger partial charge is 0.378 e. The van der Waals surface area contributed by atoms with Crippen molar-refractivity contribution in [3.05, 3.63) is 46.1 Å². The van der Waals surface area contributed by atoms with Crippen molar-refractivity contribution in [3.8, 4) is 10.7 Å². The molecule has 0 radical (unpaired) electrons. The summed E-state index contributed by atoms with van der Waals surface area (Å²) in [4.78, 5) is 19.3. The molecule has 1 aliphatic rings. The topological polar surface area (TPSA) is 115 Å². The summed E-state index contributed by atoms with van der Waals surface area (Å²) in [6.45, 7) is 3.48. The van der Waals surface area contributed by atoms with Gasteiger partial charge in [-0.25, -0.2) is 8.42 Å². The second kappa shape index (κ2) is 8.34. The third kappa shape index (κ3) is 4.19. The second-order valence-corrected chi connectivity index (χ2v) is 9.76. The van der Waals surface area contributed by atoms with Gasteiger partial charge in [0.15, 0.2) is 0 Å². The first kappa shape index (κ1) is 20.8. The van der Waals surface area contributed by atoms with Crippen molar-refractivity contribution in [3.63, 3.8) is 0 Å². The summed E-state index contributed by atoms with van der Waals surface area (Å²) in [5.41, 5.74) is 0.282. The van der Waals surface area contributed by atoms with E-state index < -0.39 is 10.0 Å². The van der Waals surface area contributed by atoms with Crippen molar-refractivity contribution in [2.45, 2.75) is 11.8 Å². The number of rotatable bonds is 5. The van der Waals surface area contributed by atoms with Gasteiger partial charge in [0.2, 0.25) is 5.82 Å². The fourth-order valence-corrected chi connectivity index (χ4v) is 5.74. The van der Waals surface area contributed by atoms with Gasteiger partial charge in [-0.1, -0.05) is 28.9 Å². The molecule has 1 fully saturated rings. The molecule has 30 heavy (non-hydrogen) atoms. The minimum absolute atomic E-state index is 0.0771. The van der Waals surface area contributed by atoms with Crippen molar-refractivity contribution >= 4 is 44.6 Å². The third-order valence-electron chi connectivity index (χ3n) is 4.41. The zero-order chi connectivity index (χ0) is 21.3. The van der Waals surface area contributed by atoms with Crippen LogP contribution in [0.25, 0.3) is 10.7 Å². The van der Waals surface area contributed by atoms with Crippen LogP contribution < -0.4 is 4.72 Å². The smallest absolute Gasteiger partial charge is 0.316 e. The van der Waals surface area contributed by atoms with E-state index in [2.05, 4.69) is 14.9 Å². The minimum atomic E-state index is -3.88. The van der Waals surface area contributed by atoms with E-state index in [0.717, 1.165) is 0 Å². The summed E-state index contributed by atoms with van der Waals surface area (Å²) < 4.78 is 38.5. The average Bonchev–Trinajstić information content (AvgIpc) is 3.37. The molecule has 0 atom stereocenters. The Balaban J connectivity index is 1.58. The normalized spacial score (nSPS) is 14.7. The quantitative estimate of drug-likeness (QED) is 0.611. The van der Waals surface area contributed by atoms with E-state index >= 15 is 0 Å². The first-order chi connectivity index (χ1) is 14.3. The van der Waals surface area contributed by atoms with Crippen molar-refractivity contribution in [2.75, 3.05) is 31.0 Å². The maximum Gasteiger partial charge on any atom is 0.316 e. The van der Waals surface area contributed by atoms with Gasteiger partial charge in [-0.15, -0.1) is 11.3 Å². The number of aromatic nitrogens is 2. The maximum atomic E-state index is 12.8. The lowest BCUT2D eigenvalue weighted by molar-refractivity contribution is 0.0272. The molecule has 1 saturated heterocycles. The molecular weight excluding hydrogens is 452 g/mol. The lowest BCUT2D eigenvalue weighted by Crippen LogP contribution is -2.40. The molecule has 2 aromatic heterocycles. The average molecular weight is 469 g/mol. The Labute approximate surface area is 181 Å². The third-order valence-corrected chi connectivity index (χ3v) is 7.40. The molecule has 0 bridgehead atoms. The molecule has 158 valence electrons. The number of carbonyl (C=O) groups is 1. The number of ether oxygens (including phenoxy) is 1. The van der Waals surface area contributed by atoms with Gasteiger partial charge >= 0.3 is 11.8 Å². The standard InChI is InChI=1S/C18H17ClN4O5S2/c1-11-15(30(25,26)22-13-5-3-2-4-12(13)19)10-14(29-11)16-20-17(28-21-16)18(24)23-6-8-27-9-7-23/h2-5,10,22H,6-9H2,1H3. The number of thiophene rings is 1. The molecule has 12 heteroatoms. The lowest BCUT2D eigenvalue weighted by atomic mass is 10.3. The van der Waals surface area contributed by atoms with Gasteiger partial charge in [-0.3, -0.25) is 9.52 Å². The first-order valence-corrected chi connectivity index (χ1v) is 11.6. The van der Waals surface area contributed by atoms with Crippen LogP contribution in [0, 0.1) is 6.92 Å². The van der Waals surface area contributed by atoms with Crippen LogP contribution in [0.1, 0.15) is 15.6 Å². The number of anilines is 1. The predicted molar refractivity (Wildman–Crippen MR) is 111 cm³/mol. The molecule has 1 N–H and O–H groups in total. The molecular formula is C18H17ClN4O5S2. The van der Waals surface area contributed by atoms with Gasteiger partial charge < -0.3 is 14.2 Å². The number of sulfonamides is 1. The molecule has 9 nitrogen and oxygen atoms in total. The van der Waals surface area contributed by atoms with Crippen LogP contribution in [-0.4, -0.2) is 55.7 Å². The van der Waals surface area contributed by atoms with E-state index in [9.17, 15) is 13.2 Å². The minimum Gasteiger partial charge on any atom is -0.378 e. The van der Waals surface area contributed by atoms with E-state index in [1.807, 2.05) is 0 Å². The summed E-state index contributed by atoms with van der Waals surface area (Å²) in [6.07, 6.45) is 0. The summed E-state index contributed by atoms with van der Waals surface area (Å²) in [5.74, 6) is -0.367. The van der Waals surface area contributed by atoms with Gasteiger partial charge in [-0.05, 0) is 25.1 Å². The van der Waals surface area contributed by atoms with E-state index in [1.54, 1.807) is 36.1 Å². The second-order valence-electron chi connectivity index (χ2n) is 6.44. The highest BCUT2D eigenvalue weighted by Crippen LogP contribution is 2.34. The monoisotopic (exact) mass is 468 g/mol. The lowest BCUT2D eigenvalue weighted by Gasteiger charge is -2.25. The Morgan fingerprint density at radius 2 is 2.00 bits per heavy atom. The zero-order valence-electron chi connectivity index (χ0n) is 15.8. The molecule has 1 aliphatic heterocycles. The number of hydrogen-bond acceptors (Lipinski definition) is 8. The Bertz CT molecular complexity index is 1180. The number of benzene rings is 1. The SMILES string of the molecule is Cc1sc(-c2noc(C(=O)N3CCOCC3)n2)cc1S(=O)(=O)Nc1ccccc1Cl. The number of para-hydroxylation sites is 1. The van der Waals surface area contributed by atoms with Gasteiger partial charge in [0.05, 0.1) is 28.8 Å². The highest BCUT2D eigenvalue weighted by Gasteiger charge is 2.27. The van der Waals surface area contributed by atoms with Crippen LogP contribution >= 0.6 is 22.9 Å². The number of carbonyl (C=O) groups excluding carboxylic acids is 1. The van der Waals surface area contributed by atoms with Gasteiger partial charge in [0, 0.05) is 18.0 Å². The number of nitrogens with one attached hydrogen (secondary N) is 1. The van der Waals surface area contributed by atoms with Crippen molar-refractivity contribution in [1.29, 1.82) is 0 Å². The molecule has 4 rings (SSSR count). The van der Waals surface area contributed by atoms with Gasteiger partial charge in [0.1, 0.15) is 4.90 Å². The number of amides is 1. The molecule has 0 saturated carbocycles. The molecule has 0 spiro atoms. The maximum absolute atomic E-state index is 12.8. The first-order valence-electron chi connectivity index (χ1n) is 8.94. The fourth-order valence-electron chi connectivity index (χ4n) is 2.90. The van der Waals surface area contributed by atoms with Crippen molar-refractivity contribution < 1.29 is 22.5 Å². The van der Waals surface area contributed by atoms with E-state index in [1.165, 1.54) is 17.4 Å². The molecule has 0 unspecified atom stereocenters. The van der Waals surface area contributed by atoms with Crippen molar-refractivity contribution in [2.24, 2.45) is 0 Å². The predicted octanol–water partition coefficient (Wildman–Crippen LogP) is 3.03. The Morgan fingerprint density at radius 1 is 1.27 bits per heavy atom. The van der Waals surface area contributed by atoms with Crippen molar-refractivity contribution in [1.82, 2.24) is 15.0 Å². The number of hydrogen-bond donors (Lipinski definition) is 1. The molecule has 3 heterocycles. The Hall–Kier alpha value is -2.47. The van der Waals surface area contributed by atoms with Crippen LogP contribution in [0.5, 0.6) is 0 Å². The van der Waals surface area contributed by atoms with E-state index in [0.29, 0.717) is 41.1 Å². The van der Waals surface area contributed by atoms with E-state index in [4.69, 9.17) is 20.9 Å². The number of nitrogens with zero attached hydrogens (tertiary/aromatic N) is 3. The highest BCUT2D eigenvalue weighted by atomic mass is 35.5. The highest BCUT2D eigenvalue weighted by molar-refractivity contribution is 7.93. The summed E-state index contributed by atoms with van der Waals surface area (Å²) >= 11 is 7.24. The van der Waals surface area contributed by atoms with Crippen LogP contribution in [0.4, 0.5) is 5.69 Å². The summed E-state index contributed by atoms with van der Waals surface area (Å²) in [6, 6.07) is 8.01. The molecule has 1 amide bonds.